The molecule has 29 heavy (non-hydrogen) atoms. The van der Waals surface area contributed by atoms with E-state index in [4.69, 9.17) is 9.15 Å². The molecular formula is C22H29N3O4. The number of nitrogens with zero attached hydrogens (tertiary/aromatic N) is 1. The number of nitrogens with one attached hydrogen (secondary N) is 2. The maximum absolute atomic E-state index is 12.6. The SMILES string of the molecule is CC(C)(C)OC(=O)Nc1ccc(C(=O)NC[C@H](c2ccco2)N2CCCC2)cc1. The number of rotatable bonds is 6. The number of carbonyl (C=O) groups excluding carboxylic acids is 2. The molecule has 0 saturated carbocycles. The third-order valence-corrected chi connectivity index (χ3v) is 4.70. The van der Waals surface area contributed by atoms with E-state index >= 15 is 0 Å². The highest BCUT2D eigenvalue weighted by Gasteiger charge is 2.26. The molecule has 2 N–H and O–H groups in total. The Morgan fingerprint density at radius 2 is 1.83 bits per heavy atom. The van der Waals surface area contributed by atoms with Crippen LogP contribution in [-0.2, 0) is 4.74 Å². The second-order valence-corrected chi connectivity index (χ2v) is 8.19. The first-order valence-electron chi connectivity index (χ1n) is 9.97. The van der Waals surface area contributed by atoms with Crippen molar-refractivity contribution in [3.63, 3.8) is 0 Å². The van der Waals surface area contributed by atoms with E-state index < -0.39 is 11.7 Å². The summed E-state index contributed by atoms with van der Waals surface area (Å²) in [6.07, 6.45) is 3.46. The molecule has 7 nitrogen and oxygen atoms in total. The molecule has 1 aliphatic rings. The van der Waals surface area contributed by atoms with Crippen LogP contribution in [0.1, 0.15) is 55.8 Å². The number of benzene rings is 1. The summed E-state index contributed by atoms with van der Waals surface area (Å²) < 4.78 is 10.8. The first-order chi connectivity index (χ1) is 13.8. The van der Waals surface area contributed by atoms with Gasteiger partial charge in [0.1, 0.15) is 11.4 Å². The molecule has 0 bridgehead atoms. The van der Waals surface area contributed by atoms with Crippen molar-refractivity contribution >= 4 is 17.7 Å². The van der Waals surface area contributed by atoms with Gasteiger partial charge in [0, 0.05) is 17.8 Å². The zero-order valence-electron chi connectivity index (χ0n) is 17.2. The van der Waals surface area contributed by atoms with Gasteiger partial charge in [-0.2, -0.15) is 0 Å². The minimum atomic E-state index is -0.566. The molecule has 2 aromatic rings. The smallest absolute Gasteiger partial charge is 0.412 e. The third kappa shape index (κ3) is 6.09. The number of carbonyl (C=O) groups is 2. The molecule has 0 radical (unpaired) electrons. The van der Waals surface area contributed by atoms with Crippen molar-refractivity contribution in [1.29, 1.82) is 0 Å². The Morgan fingerprint density at radius 1 is 1.14 bits per heavy atom. The number of furan rings is 1. The molecule has 0 spiro atoms. The molecular weight excluding hydrogens is 370 g/mol. The van der Waals surface area contributed by atoms with Gasteiger partial charge in [-0.05, 0) is 83.1 Å². The van der Waals surface area contributed by atoms with E-state index in [1.165, 1.54) is 0 Å². The van der Waals surface area contributed by atoms with Gasteiger partial charge in [-0.3, -0.25) is 15.0 Å². The van der Waals surface area contributed by atoms with Crippen molar-refractivity contribution in [1.82, 2.24) is 10.2 Å². The monoisotopic (exact) mass is 399 g/mol. The van der Waals surface area contributed by atoms with Crippen LogP contribution in [0.5, 0.6) is 0 Å². The lowest BCUT2D eigenvalue weighted by molar-refractivity contribution is 0.0635. The summed E-state index contributed by atoms with van der Waals surface area (Å²) in [5.74, 6) is 0.702. The van der Waals surface area contributed by atoms with Gasteiger partial charge in [-0.1, -0.05) is 0 Å². The zero-order chi connectivity index (χ0) is 20.9. The number of hydrogen-bond acceptors (Lipinski definition) is 5. The predicted octanol–water partition coefficient (Wildman–Crippen LogP) is 4.19. The van der Waals surface area contributed by atoms with E-state index in [-0.39, 0.29) is 11.9 Å². The fourth-order valence-electron chi connectivity index (χ4n) is 3.36. The van der Waals surface area contributed by atoms with Crippen molar-refractivity contribution in [2.45, 2.75) is 45.3 Å². The quantitative estimate of drug-likeness (QED) is 0.761. The summed E-state index contributed by atoms with van der Waals surface area (Å²) in [7, 11) is 0. The molecule has 1 aliphatic heterocycles. The van der Waals surface area contributed by atoms with Crippen molar-refractivity contribution in [3.8, 4) is 0 Å². The van der Waals surface area contributed by atoms with Crippen LogP contribution in [0, 0.1) is 0 Å². The van der Waals surface area contributed by atoms with Crippen LogP contribution < -0.4 is 10.6 Å². The largest absolute Gasteiger partial charge is 0.468 e. The fourth-order valence-corrected chi connectivity index (χ4v) is 3.36. The van der Waals surface area contributed by atoms with Crippen LogP contribution in [0.2, 0.25) is 0 Å². The van der Waals surface area contributed by atoms with Crippen LogP contribution in [0.4, 0.5) is 10.5 Å². The lowest BCUT2D eigenvalue weighted by Gasteiger charge is -2.26. The molecule has 0 aliphatic carbocycles. The maximum Gasteiger partial charge on any atom is 0.412 e. The Kier molecular flexibility index (Phi) is 6.59. The topological polar surface area (TPSA) is 83.8 Å². The number of amides is 2. The Labute approximate surface area is 171 Å². The molecule has 1 aromatic carbocycles. The number of likely N-dealkylation sites (tertiary alicyclic amines) is 1. The highest BCUT2D eigenvalue weighted by Crippen LogP contribution is 2.25. The van der Waals surface area contributed by atoms with Gasteiger partial charge in [-0.25, -0.2) is 4.79 Å². The molecule has 1 fully saturated rings. The summed E-state index contributed by atoms with van der Waals surface area (Å²) in [6.45, 7) is 7.90. The van der Waals surface area contributed by atoms with Gasteiger partial charge >= 0.3 is 6.09 Å². The van der Waals surface area contributed by atoms with Crippen molar-refractivity contribution in [2.24, 2.45) is 0 Å². The predicted molar refractivity (Wildman–Crippen MR) is 111 cm³/mol. The van der Waals surface area contributed by atoms with Gasteiger partial charge in [0.2, 0.25) is 0 Å². The minimum Gasteiger partial charge on any atom is -0.468 e. The molecule has 1 aromatic heterocycles. The average molecular weight is 399 g/mol. The Bertz CT molecular complexity index is 804. The van der Waals surface area contributed by atoms with E-state index in [9.17, 15) is 9.59 Å². The standard InChI is InChI=1S/C22H29N3O4/c1-22(2,3)29-21(27)24-17-10-8-16(9-11-17)20(26)23-15-18(19-7-6-14-28-19)25-12-4-5-13-25/h6-11,14,18H,4-5,12-13,15H2,1-3H3,(H,23,26)(H,24,27)/t18-/m1/s1. The molecule has 3 rings (SSSR count). The summed E-state index contributed by atoms with van der Waals surface area (Å²) in [6, 6.07) is 10.6. The van der Waals surface area contributed by atoms with Gasteiger partial charge in [0.25, 0.3) is 5.91 Å². The second-order valence-electron chi connectivity index (χ2n) is 8.19. The van der Waals surface area contributed by atoms with E-state index in [2.05, 4.69) is 15.5 Å². The summed E-state index contributed by atoms with van der Waals surface area (Å²) in [4.78, 5) is 26.8. The minimum absolute atomic E-state index is 0.0320. The Balaban J connectivity index is 1.56. The maximum atomic E-state index is 12.6. The van der Waals surface area contributed by atoms with Crippen molar-refractivity contribution in [3.05, 3.63) is 54.0 Å². The first kappa shape index (κ1) is 20.9. The number of ether oxygens (including phenoxy) is 1. The lowest BCUT2D eigenvalue weighted by atomic mass is 10.1. The van der Waals surface area contributed by atoms with E-state index in [1.54, 1.807) is 51.3 Å². The molecule has 2 heterocycles. The normalized spacial score (nSPS) is 15.7. The summed E-state index contributed by atoms with van der Waals surface area (Å²) in [5, 5.41) is 5.66. The third-order valence-electron chi connectivity index (χ3n) is 4.70. The first-order valence-corrected chi connectivity index (χ1v) is 9.97. The van der Waals surface area contributed by atoms with Crippen LogP contribution in [0.25, 0.3) is 0 Å². The number of anilines is 1. The zero-order valence-corrected chi connectivity index (χ0v) is 17.2. The van der Waals surface area contributed by atoms with Crippen molar-refractivity contribution in [2.75, 3.05) is 25.0 Å². The molecule has 2 amide bonds. The van der Waals surface area contributed by atoms with Crippen LogP contribution in [0.15, 0.2) is 47.1 Å². The Morgan fingerprint density at radius 3 is 2.41 bits per heavy atom. The number of hydrogen-bond donors (Lipinski definition) is 2. The van der Waals surface area contributed by atoms with E-state index in [0.717, 1.165) is 31.7 Å². The molecule has 7 heteroatoms. The fraction of sp³-hybridized carbons (Fsp3) is 0.455. The summed E-state index contributed by atoms with van der Waals surface area (Å²) in [5.41, 5.74) is 0.532. The molecule has 156 valence electrons. The van der Waals surface area contributed by atoms with Crippen molar-refractivity contribution < 1.29 is 18.7 Å². The van der Waals surface area contributed by atoms with Gasteiger partial charge in [-0.15, -0.1) is 0 Å². The van der Waals surface area contributed by atoms with Gasteiger partial charge < -0.3 is 14.5 Å². The van der Waals surface area contributed by atoms with Gasteiger partial charge in [0.05, 0.1) is 12.3 Å². The highest BCUT2D eigenvalue weighted by molar-refractivity contribution is 5.95. The van der Waals surface area contributed by atoms with Crippen LogP contribution in [0.3, 0.4) is 0 Å². The molecule has 0 unspecified atom stereocenters. The average Bonchev–Trinajstić information content (AvgIpc) is 3.35. The van der Waals surface area contributed by atoms with Gasteiger partial charge in [0.15, 0.2) is 0 Å². The summed E-state index contributed by atoms with van der Waals surface area (Å²) >= 11 is 0. The second kappa shape index (κ2) is 9.13. The molecule has 1 atom stereocenters. The highest BCUT2D eigenvalue weighted by atomic mass is 16.6. The lowest BCUT2D eigenvalue weighted by Crippen LogP contribution is -2.36. The molecule has 1 saturated heterocycles. The van der Waals surface area contributed by atoms with Crippen LogP contribution in [-0.4, -0.2) is 42.1 Å². The van der Waals surface area contributed by atoms with Crippen LogP contribution >= 0.6 is 0 Å². The van der Waals surface area contributed by atoms with E-state index in [0.29, 0.717) is 17.8 Å². The van der Waals surface area contributed by atoms with E-state index in [1.807, 2.05) is 12.1 Å². The Hall–Kier alpha value is -2.80.